The predicted molar refractivity (Wildman–Crippen MR) is 73.5 cm³/mol. The first-order valence-corrected chi connectivity index (χ1v) is 7.61. The number of aromatic nitrogens is 2. The number of anilines is 1. The SMILES string of the molecule is CCc1nsc(NCCC2CCCC(C)C2)n1. The molecule has 1 aliphatic carbocycles. The molecular weight excluding hydrogens is 230 g/mol. The molecule has 1 aliphatic rings. The standard InChI is InChI=1S/C13H23N3S/c1-3-12-15-13(17-16-12)14-8-7-11-6-4-5-10(2)9-11/h10-11H,3-9H2,1-2H3,(H,14,15,16). The number of hydrogen-bond donors (Lipinski definition) is 1. The van der Waals surface area contributed by atoms with E-state index in [1.165, 1.54) is 43.6 Å². The van der Waals surface area contributed by atoms with Crippen molar-refractivity contribution < 1.29 is 0 Å². The third-order valence-electron chi connectivity index (χ3n) is 3.66. The smallest absolute Gasteiger partial charge is 0.202 e. The van der Waals surface area contributed by atoms with E-state index in [2.05, 4.69) is 28.5 Å². The van der Waals surface area contributed by atoms with Crippen molar-refractivity contribution in [3.63, 3.8) is 0 Å². The van der Waals surface area contributed by atoms with Gasteiger partial charge in [0.15, 0.2) is 0 Å². The van der Waals surface area contributed by atoms with Crippen molar-refractivity contribution in [2.24, 2.45) is 11.8 Å². The molecule has 0 spiro atoms. The fraction of sp³-hybridized carbons (Fsp3) is 0.846. The Morgan fingerprint density at radius 1 is 1.41 bits per heavy atom. The van der Waals surface area contributed by atoms with Crippen LogP contribution >= 0.6 is 11.5 Å². The van der Waals surface area contributed by atoms with Gasteiger partial charge in [0.1, 0.15) is 5.82 Å². The summed E-state index contributed by atoms with van der Waals surface area (Å²) in [5, 5.41) is 4.40. The van der Waals surface area contributed by atoms with Crippen LogP contribution in [0.4, 0.5) is 5.13 Å². The average molecular weight is 253 g/mol. The molecule has 17 heavy (non-hydrogen) atoms. The first kappa shape index (κ1) is 12.8. The van der Waals surface area contributed by atoms with Crippen LogP contribution in [0, 0.1) is 11.8 Å². The van der Waals surface area contributed by atoms with Gasteiger partial charge in [-0.1, -0.05) is 33.1 Å². The van der Waals surface area contributed by atoms with Crippen LogP contribution in [0.1, 0.15) is 51.8 Å². The molecular formula is C13H23N3S. The van der Waals surface area contributed by atoms with Gasteiger partial charge in [-0.2, -0.15) is 4.37 Å². The van der Waals surface area contributed by atoms with Crippen LogP contribution in [-0.2, 0) is 6.42 Å². The van der Waals surface area contributed by atoms with Gasteiger partial charge in [-0.25, -0.2) is 4.98 Å². The lowest BCUT2D eigenvalue weighted by atomic mass is 9.81. The molecule has 2 unspecified atom stereocenters. The van der Waals surface area contributed by atoms with Crippen LogP contribution < -0.4 is 5.32 Å². The summed E-state index contributed by atoms with van der Waals surface area (Å²) in [5.74, 6) is 2.82. The van der Waals surface area contributed by atoms with E-state index in [1.54, 1.807) is 0 Å². The summed E-state index contributed by atoms with van der Waals surface area (Å²) >= 11 is 1.49. The van der Waals surface area contributed by atoms with Crippen LogP contribution in [0.3, 0.4) is 0 Å². The van der Waals surface area contributed by atoms with E-state index >= 15 is 0 Å². The fourth-order valence-electron chi connectivity index (χ4n) is 2.67. The molecule has 4 heteroatoms. The van der Waals surface area contributed by atoms with E-state index in [4.69, 9.17) is 0 Å². The molecule has 2 rings (SSSR count). The third kappa shape index (κ3) is 3.95. The van der Waals surface area contributed by atoms with E-state index in [-0.39, 0.29) is 0 Å². The maximum Gasteiger partial charge on any atom is 0.202 e. The van der Waals surface area contributed by atoms with Crippen molar-refractivity contribution in [3.05, 3.63) is 5.82 Å². The Bertz CT molecular complexity index is 337. The Kier molecular flexibility index (Phi) is 4.77. The minimum Gasteiger partial charge on any atom is -0.360 e. The molecule has 0 aliphatic heterocycles. The van der Waals surface area contributed by atoms with Gasteiger partial charge in [0.25, 0.3) is 0 Å². The highest BCUT2D eigenvalue weighted by Gasteiger charge is 2.18. The quantitative estimate of drug-likeness (QED) is 0.869. The summed E-state index contributed by atoms with van der Waals surface area (Å²) in [6.45, 7) is 5.53. The van der Waals surface area contributed by atoms with Gasteiger partial charge in [-0.3, -0.25) is 0 Å². The van der Waals surface area contributed by atoms with Gasteiger partial charge in [-0.15, -0.1) is 0 Å². The summed E-state index contributed by atoms with van der Waals surface area (Å²) in [5.41, 5.74) is 0. The van der Waals surface area contributed by atoms with Crippen molar-refractivity contribution in [3.8, 4) is 0 Å². The van der Waals surface area contributed by atoms with Crippen molar-refractivity contribution in [1.82, 2.24) is 9.36 Å². The van der Waals surface area contributed by atoms with Crippen LogP contribution in [0.2, 0.25) is 0 Å². The summed E-state index contributed by atoms with van der Waals surface area (Å²) in [4.78, 5) is 4.42. The zero-order chi connectivity index (χ0) is 12.1. The summed E-state index contributed by atoms with van der Waals surface area (Å²) < 4.78 is 4.28. The monoisotopic (exact) mass is 253 g/mol. The highest BCUT2D eigenvalue weighted by molar-refractivity contribution is 7.09. The van der Waals surface area contributed by atoms with Gasteiger partial charge < -0.3 is 5.32 Å². The van der Waals surface area contributed by atoms with Crippen molar-refractivity contribution >= 4 is 16.7 Å². The lowest BCUT2D eigenvalue weighted by Crippen LogP contribution is -2.16. The van der Waals surface area contributed by atoms with Gasteiger partial charge in [0, 0.05) is 24.5 Å². The molecule has 0 radical (unpaired) electrons. The lowest BCUT2D eigenvalue weighted by molar-refractivity contribution is 0.274. The molecule has 2 atom stereocenters. The fourth-order valence-corrected chi connectivity index (χ4v) is 3.35. The molecule has 1 aromatic rings. The largest absolute Gasteiger partial charge is 0.360 e. The number of nitrogens with one attached hydrogen (secondary N) is 1. The van der Waals surface area contributed by atoms with E-state index in [0.29, 0.717) is 0 Å². The number of aryl methyl sites for hydroxylation is 1. The predicted octanol–water partition coefficient (Wildman–Crippen LogP) is 3.73. The maximum absolute atomic E-state index is 4.42. The number of rotatable bonds is 5. The lowest BCUT2D eigenvalue weighted by Gasteiger charge is -2.26. The summed E-state index contributed by atoms with van der Waals surface area (Å²) in [6.07, 6.45) is 7.90. The summed E-state index contributed by atoms with van der Waals surface area (Å²) in [6, 6.07) is 0. The molecule has 3 nitrogen and oxygen atoms in total. The highest BCUT2D eigenvalue weighted by Crippen LogP contribution is 2.30. The van der Waals surface area contributed by atoms with Crippen LogP contribution in [0.5, 0.6) is 0 Å². The molecule has 0 aromatic carbocycles. The van der Waals surface area contributed by atoms with Crippen LogP contribution in [0.25, 0.3) is 0 Å². The molecule has 96 valence electrons. The molecule has 1 fully saturated rings. The van der Waals surface area contributed by atoms with E-state index < -0.39 is 0 Å². The van der Waals surface area contributed by atoms with Gasteiger partial charge >= 0.3 is 0 Å². The maximum atomic E-state index is 4.42. The van der Waals surface area contributed by atoms with E-state index in [9.17, 15) is 0 Å². The molecule has 0 bridgehead atoms. The Morgan fingerprint density at radius 3 is 3.00 bits per heavy atom. The van der Waals surface area contributed by atoms with E-state index in [1.807, 2.05) is 0 Å². The average Bonchev–Trinajstić information content (AvgIpc) is 2.77. The second-order valence-electron chi connectivity index (χ2n) is 5.22. The normalized spacial score (nSPS) is 24.8. The molecule has 1 saturated carbocycles. The second-order valence-corrected chi connectivity index (χ2v) is 5.97. The molecule has 0 amide bonds. The van der Waals surface area contributed by atoms with Crippen molar-refractivity contribution in [1.29, 1.82) is 0 Å². The second kappa shape index (κ2) is 6.34. The highest BCUT2D eigenvalue weighted by atomic mass is 32.1. The Balaban J connectivity index is 1.68. The third-order valence-corrected chi connectivity index (χ3v) is 4.37. The van der Waals surface area contributed by atoms with Crippen molar-refractivity contribution in [2.75, 3.05) is 11.9 Å². The molecule has 1 aromatic heterocycles. The first-order chi connectivity index (χ1) is 8.28. The van der Waals surface area contributed by atoms with Gasteiger partial charge in [0.05, 0.1) is 0 Å². The molecule has 0 saturated heterocycles. The topological polar surface area (TPSA) is 37.8 Å². The minimum atomic E-state index is 0.921. The van der Waals surface area contributed by atoms with Gasteiger partial charge in [0.2, 0.25) is 5.13 Å². The van der Waals surface area contributed by atoms with Gasteiger partial charge in [-0.05, 0) is 24.7 Å². The molecule has 1 N–H and O–H groups in total. The summed E-state index contributed by atoms with van der Waals surface area (Å²) in [7, 11) is 0. The van der Waals surface area contributed by atoms with Crippen LogP contribution in [-0.4, -0.2) is 15.9 Å². The molecule has 1 heterocycles. The zero-order valence-corrected chi connectivity index (χ0v) is 11.7. The zero-order valence-electron chi connectivity index (χ0n) is 10.9. The number of nitrogens with zero attached hydrogens (tertiary/aromatic N) is 2. The number of hydrogen-bond acceptors (Lipinski definition) is 4. The first-order valence-electron chi connectivity index (χ1n) is 6.84. The Labute approximate surface area is 108 Å². The van der Waals surface area contributed by atoms with E-state index in [0.717, 1.165) is 35.8 Å². The van der Waals surface area contributed by atoms with Crippen LogP contribution in [0.15, 0.2) is 0 Å². The Morgan fingerprint density at radius 2 is 2.29 bits per heavy atom. The van der Waals surface area contributed by atoms with Crippen molar-refractivity contribution in [2.45, 2.75) is 52.4 Å². The minimum absolute atomic E-state index is 0.921. The Hall–Kier alpha value is -0.640.